The number of hydrogen-bond acceptors (Lipinski definition) is 5. The van der Waals surface area contributed by atoms with Crippen molar-refractivity contribution in [2.24, 2.45) is 0 Å². The van der Waals surface area contributed by atoms with Crippen molar-refractivity contribution < 1.29 is 9.90 Å². The van der Waals surface area contributed by atoms with Crippen LogP contribution >= 0.6 is 0 Å². The monoisotopic (exact) mass is 321 g/mol. The van der Waals surface area contributed by atoms with Crippen LogP contribution in [0.15, 0.2) is 6.20 Å². The number of rotatable bonds is 4. The SMILES string of the molecule is CC(C)N1CCCC(N2CCCC(n3cc(CO)nn3)C2)C1=O. The summed E-state index contributed by atoms with van der Waals surface area (Å²) in [5, 5.41) is 17.2. The maximum atomic E-state index is 12.8. The van der Waals surface area contributed by atoms with E-state index in [1.165, 1.54) is 0 Å². The van der Waals surface area contributed by atoms with Crippen LogP contribution in [0.25, 0.3) is 0 Å². The first kappa shape index (κ1) is 16.4. The summed E-state index contributed by atoms with van der Waals surface area (Å²) in [6.45, 7) is 6.78. The number of aliphatic hydroxyl groups is 1. The first-order chi connectivity index (χ1) is 11.1. The fourth-order valence-corrected chi connectivity index (χ4v) is 3.78. The summed E-state index contributed by atoms with van der Waals surface area (Å²) in [7, 11) is 0. The Hall–Kier alpha value is -1.47. The molecule has 23 heavy (non-hydrogen) atoms. The third kappa shape index (κ3) is 3.40. The van der Waals surface area contributed by atoms with E-state index in [1.54, 1.807) is 0 Å². The number of likely N-dealkylation sites (tertiary alicyclic amines) is 2. The van der Waals surface area contributed by atoms with Crippen LogP contribution in [0.2, 0.25) is 0 Å². The van der Waals surface area contributed by atoms with Crippen molar-refractivity contribution in [2.75, 3.05) is 19.6 Å². The normalized spacial score (nSPS) is 27.0. The summed E-state index contributed by atoms with van der Waals surface area (Å²) in [5.41, 5.74) is 0.599. The summed E-state index contributed by atoms with van der Waals surface area (Å²) in [4.78, 5) is 17.1. The minimum Gasteiger partial charge on any atom is -0.390 e. The van der Waals surface area contributed by atoms with Gasteiger partial charge < -0.3 is 10.0 Å². The molecule has 0 radical (unpaired) electrons. The Balaban J connectivity index is 1.69. The highest BCUT2D eigenvalue weighted by Crippen LogP contribution is 2.27. The van der Waals surface area contributed by atoms with Gasteiger partial charge in [-0.2, -0.15) is 0 Å². The van der Waals surface area contributed by atoms with Crippen LogP contribution in [0.5, 0.6) is 0 Å². The van der Waals surface area contributed by atoms with Gasteiger partial charge in [-0.25, -0.2) is 4.68 Å². The lowest BCUT2D eigenvalue weighted by Gasteiger charge is -2.43. The predicted octanol–water partition coefficient (Wildman–Crippen LogP) is 0.807. The second kappa shape index (κ2) is 6.97. The van der Waals surface area contributed by atoms with Crippen LogP contribution in [0.4, 0.5) is 0 Å². The molecule has 1 aromatic heterocycles. The number of carbonyl (C=O) groups is 1. The summed E-state index contributed by atoms with van der Waals surface area (Å²) in [6.07, 6.45) is 5.95. The van der Waals surface area contributed by atoms with E-state index in [-0.39, 0.29) is 30.6 Å². The second-order valence-electron chi connectivity index (χ2n) is 6.92. The van der Waals surface area contributed by atoms with E-state index in [4.69, 9.17) is 5.11 Å². The van der Waals surface area contributed by atoms with E-state index in [9.17, 15) is 4.79 Å². The number of nitrogens with zero attached hydrogens (tertiary/aromatic N) is 5. The highest BCUT2D eigenvalue weighted by Gasteiger charge is 2.36. The third-order valence-electron chi connectivity index (χ3n) is 5.03. The lowest BCUT2D eigenvalue weighted by atomic mass is 9.97. The molecule has 7 nitrogen and oxygen atoms in total. The molecule has 1 aromatic rings. The van der Waals surface area contributed by atoms with Gasteiger partial charge in [0.25, 0.3) is 0 Å². The van der Waals surface area contributed by atoms with Crippen molar-refractivity contribution in [2.45, 2.75) is 64.3 Å². The van der Waals surface area contributed by atoms with Gasteiger partial charge >= 0.3 is 0 Å². The molecule has 2 atom stereocenters. The Kier molecular flexibility index (Phi) is 4.96. The molecule has 2 aliphatic rings. The van der Waals surface area contributed by atoms with Crippen LogP contribution in [-0.2, 0) is 11.4 Å². The molecule has 2 unspecified atom stereocenters. The Morgan fingerprint density at radius 3 is 2.78 bits per heavy atom. The molecular weight excluding hydrogens is 294 g/mol. The van der Waals surface area contributed by atoms with Crippen molar-refractivity contribution in [1.29, 1.82) is 0 Å². The van der Waals surface area contributed by atoms with Crippen LogP contribution < -0.4 is 0 Å². The van der Waals surface area contributed by atoms with Gasteiger partial charge in [0.1, 0.15) is 5.69 Å². The highest BCUT2D eigenvalue weighted by atomic mass is 16.3. The van der Waals surface area contributed by atoms with E-state index in [0.717, 1.165) is 45.3 Å². The molecule has 1 amide bonds. The van der Waals surface area contributed by atoms with E-state index < -0.39 is 0 Å². The van der Waals surface area contributed by atoms with Gasteiger partial charge in [0.2, 0.25) is 5.91 Å². The minimum atomic E-state index is -0.0824. The Morgan fingerprint density at radius 2 is 2.09 bits per heavy atom. The molecule has 0 saturated carbocycles. The molecule has 128 valence electrons. The van der Waals surface area contributed by atoms with Crippen LogP contribution in [0.3, 0.4) is 0 Å². The fraction of sp³-hybridized carbons (Fsp3) is 0.812. The van der Waals surface area contributed by atoms with Gasteiger partial charge in [-0.15, -0.1) is 5.10 Å². The molecule has 0 bridgehead atoms. The van der Waals surface area contributed by atoms with E-state index in [0.29, 0.717) is 5.69 Å². The van der Waals surface area contributed by atoms with Gasteiger partial charge in [0.15, 0.2) is 0 Å². The zero-order chi connectivity index (χ0) is 16.4. The van der Waals surface area contributed by atoms with Crippen LogP contribution in [0.1, 0.15) is 51.3 Å². The molecule has 2 fully saturated rings. The van der Waals surface area contributed by atoms with Crippen molar-refractivity contribution in [3.63, 3.8) is 0 Å². The smallest absolute Gasteiger partial charge is 0.240 e. The molecule has 3 heterocycles. The van der Waals surface area contributed by atoms with E-state index in [2.05, 4.69) is 29.1 Å². The number of piperidine rings is 2. The summed E-state index contributed by atoms with van der Waals surface area (Å²) >= 11 is 0. The number of carbonyl (C=O) groups excluding carboxylic acids is 1. The molecule has 1 N–H and O–H groups in total. The van der Waals surface area contributed by atoms with Gasteiger partial charge in [-0.1, -0.05) is 5.21 Å². The minimum absolute atomic E-state index is 0.00906. The maximum Gasteiger partial charge on any atom is 0.240 e. The molecule has 0 spiro atoms. The standard InChI is InChI=1S/C16H27N5O2/c1-12(2)20-8-4-6-15(16(20)23)19-7-3-5-14(10-19)21-9-13(11-22)17-18-21/h9,12,14-15,22H,3-8,10-11H2,1-2H3. The number of aliphatic hydroxyl groups excluding tert-OH is 1. The Bertz CT molecular complexity index is 544. The molecule has 0 aliphatic carbocycles. The molecular formula is C16H27N5O2. The first-order valence-corrected chi connectivity index (χ1v) is 8.66. The molecule has 7 heteroatoms. The summed E-state index contributed by atoms with van der Waals surface area (Å²) in [6, 6.07) is 0.516. The van der Waals surface area contributed by atoms with Crippen LogP contribution in [0, 0.1) is 0 Å². The predicted molar refractivity (Wildman–Crippen MR) is 85.7 cm³/mol. The van der Waals surface area contributed by atoms with Gasteiger partial charge in [0, 0.05) is 19.1 Å². The lowest BCUT2D eigenvalue weighted by molar-refractivity contribution is -0.142. The Morgan fingerprint density at radius 1 is 1.30 bits per heavy atom. The van der Waals surface area contributed by atoms with Gasteiger partial charge in [-0.3, -0.25) is 9.69 Å². The fourth-order valence-electron chi connectivity index (χ4n) is 3.78. The molecule has 3 rings (SSSR count). The van der Waals surface area contributed by atoms with Crippen molar-refractivity contribution in [3.8, 4) is 0 Å². The average Bonchev–Trinajstić information content (AvgIpc) is 3.04. The average molecular weight is 321 g/mol. The maximum absolute atomic E-state index is 12.8. The van der Waals surface area contributed by atoms with E-state index in [1.807, 2.05) is 15.8 Å². The second-order valence-corrected chi connectivity index (χ2v) is 6.92. The van der Waals surface area contributed by atoms with Crippen LogP contribution in [-0.4, -0.2) is 67.5 Å². The van der Waals surface area contributed by atoms with Crippen molar-refractivity contribution >= 4 is 5.91 Å². The summed E-state index contributed by atoms with van der Waals surface area (Å²) < 4.78 is 1.85. The summed E-state index contributed by atoms with van der Waals surface area (Å²) in [5.74, 6) is 0.279. The van der Waals surface area contributed by atoms with E-state index >= 15 is 0 Å². The Labute approximate surface area is 137 Å². The van der Waals surface area contributed by atoms with Gasteiger partial charge in [0.05, 0.1) is 24.9 Å². The molecule has 0 aromatic carbocycles. The third-order valence-corrected chi connectivity index (χ3v) is 5.03. The number of hydrogen-bond donors (Lipinski definition) is 1. The quantitative estimate of drug-likeness (QED) is 0.888. The molecule has 2 saturated heterocycles. The molecule has 2 aliphatic heterocycles. The number of amides is 1. The number of aromatic nitrogens is 3. The first-order valence-electron chi connectivity index (χ1n) is 8.66. The topological polar surface area (TPSA) is 74.5 Å². The lowest BCUT2D eigenvalue weighted by Crippen LogP contribution is -2.56. The highest BCUT2D eigenvalue weighted by molar-refractivity contribution is 5.82. The zero-order valence-electron chi connectivity index (χ0n) is 14.1. The van der Waals surface area contributed by atoms with Crippen molar-refractivity contribution in [1.82, 2.24) is 24.8 Å². The zero-order valence-corrected chi connectivity index (χ0v) is 14.1. The van der Waals surface area contributed by atoms with Crippen molar-refractivity contribution in [3.05, 3.63) is 11.9 Å². The van der Waals surface area contributed by atoms with Gasteiger partial charge in [-0.05, 0) is 46.1 Å². The largest absolute Gasteiger partial charge is 0.390 e.